The average molecular weight is 375 g/mol. The highest BCUT2D eigenvalue weighted by Gasteiger charge is 2.26. The third-order valence-corrected chi connectivity index (χ3v) is 5.00. The molecule has 0 aliphatic carbocycles. The highest BCUT2D eigenvalue weighted by molar-refractivity contribution is 8.00. The van der Waals surface area contributed by atoms with Crippen molar-refractivity contribution in [2.45, 2.75) is 43.6 Å². The zero-order valence-corrected chi connectivity index (χ0v) is 15.6. The minimum Gasteiger partial charge on any atom is -0.465 e. The third-order valence-electron chi connectivity index (χ3n) is 3.98. The van der Waals surface area contributed by atoms with Crippen LogP contribution in [0.5, 0.6) is 0 Å². The lowest BCUT2D eigenvalue weighted by atomic mass is 10.4. The van der Waals surface area contributed by atoms with Crippen molar-refractivity contribution < 1.29 is 14.3 Å². The molecule has 9 heteroatoms. The molecule has 1 amide bonds. The number of ether oxygens (including phenoxy) is 1. The molecule has 0 radical (unpaired) electrons. The van der Waals surface area contributed by atoms with Crippen LogP contribution in [0.3, 0.4) is 0 Å². The van der Waals surface area contributed by atoms with Crippen molar-refractivity contribution in [1.29, 1.82) is 0 Å². The van der Waals surface area contributed by atoms with Crippen LogP contribution in [0, 0.1) is 0 Å². The van der Waals surface area contributed by atoms with Gasteiger partial charge in [-0.15, -0.1) is 10.2 Å². The lowest BCUT2D eigenvalue weighted by Crippen LogP contribution is -2.26. The number of rotatable bonds is 7. The fourth-order valence-corrected chi connectivity index (χ4v) is 3.58. The third kappa shape index (κ3) is 4.04. The monoisotopic (exact) mass is 375 g/mol. The largest absolute Gasteiger partial charge is 0.465 e. The van der Waals surface area contributed by atoms with Crippen molar-refractivity contribution in [1.82, 2.24) is 24.6 Å². The van der Waals surface area contributed by atoms with Gasteiger partial charge in [0, 0.05) is 19.2 Å². The van der Waals surface area contributed by atoms with Crippen molar-refractivity contribution in [2.24, 2.45) is 0 Å². The number of thioether (sulfide) groups is 1. The Kier molecular flexibility index (Phi) is 5.87. The van der Waals surface area contributed by atoms with Crippen LogP contribution in [0.2, 0.25) is 0 Å². The summed E-state index contributed by atoms with van der Waals surface area (Å²) in [5, 5.41) is 8.61. The molecular formula is C17H21N5O3S. The van der Waals surface area contributed by atoms with Gasteiger partial charge in [-0.05, 0) is 32.4 Å². The Morgan fingerprint density at radius 2 is 2.23 bits per heavy atom. The summed E-state index contributed by atoms with van der Waals surface area (Å²) in [6, 6.07) is 5.54. The van der Waals surface area contributed by atoms with E-state index in [0.717, 1.165) is 13.0 Å². The van der Waals surface area contributed by atoms with Gasteiger partial charge in [-0.1, -0.05) is 17.8 Å². The van der Waals surface area contributed by atoms with E-state index in [1.54, 1.807) is 29.5 Å². The summed E-state index contributed by atoms with van der Waals surface area (Å²) in [5.74, 6) is 1.09. The number of aromatic nitrogens is 4. The topological polar surface area (TPSA) is 90.2 Å². The first kappa shape index (κ1) is 18.4. The maximum Gasteiger partial charge on any atom is 0.319 e. The minimum absolute atomic E-state index is 0.120. The van der Waals surface area contributed by atoms with E-state index in [-0.39, 0.29) is 11.9 Å². The number of amides is 1. The van der Waals surface area contributed by atoms with Crippen molar-refractivity contribution in [3.05, 3.63) is 30.2 Å². The molecule has 1 aliphatic rings. The number of hydrogen-bond donors (Lipinski definition) is 0. The van der Waals surface area contributed by atoms with Gasteiger partial charge in [0.2, 0.25) is 5.91 Å². The molecule has 0 bridgehead atoms. The van der Waals surface area contributed by atoms with E-state index in [2.05, 4.69) is 15.2 Å². The molecule has 2 aromatic rings. The minimum atomic E-state index is -0.428. The average Bonchev–Trinajstić information content (AvgIpc) is 3.22. The molecule has 3 rings (SSSR count). The van der Waals surface area contributed by atoms with Gasteiger partial charge in [0.25, 0.3) is 0 Å². The van der Waals surface area contributed by atoms with Crippen LogP contribution in [-0.4, -0.2) is 54.9 Å². The van der Waals surface area contributed by atoms with E-state index in [1.807, 2.05) is 18.2 Å². The molecule has 2 aromatic heterocycles. The van der Waals surface area contributed by atoms with Gasteiger partial charge in [-0.2, -0.15) is 0 Å². The molecule has 1 fully saturated rings. The van der Waals surface area contributed by atoms with E-state index in [0.29, 0.717) is 36.4 Å². The van der Waals surface area contributed by atoms with Crippen molar-refractivity contribution in [3.63, 3.8) is 0 Å². The maximum absolute atomic E-state index is 12.0. The van der Waals surface area contributed by atoms with E-state index < -0.39 is 5.25 Å². The van der Waals surface area contributed by atoms with Gasteiger partial charge < -0.3 is 9.64 Å². The molecule has 1 atom stereocenters. The lowest BCUT2D eigenvalue weighted by molar-refractivity contribution is -0.142. The molecule has 0 saturated carbocycles. The van der Waals surface area contributed by atoms with E-state index in [9.17, 15) is 9.59 Å². The standard InChI is InChI=1S/C17H21N5O3S/c1-3-25-16(24)12(2)26-17-20-19-14(11-21-10-6-8-15(21)23)22(17)13-7-4-5-9-18-13/h4-5,7,9,12H,3,6,8,10-11H2,1-2H3/t12-/m1/s1. The second-order valence-electron chi connectivity index (χ2n) is 5.85. The predicted octanol–water partition coefficient (Wildman–Crippen LogP) is 1.83. The van der Waals surface area contributed by atoms with Gasteiger partial charge in [-0.3, -0.25) is 14.2 Å². The second kappa shape index (κ2) is 8.31. The van der Waals surface area contributed by atoms with E-state index >= 15 is 0 Å². The summed E-state index contributed by atoms with van der Waals surface area (Å²) in [4.78, 5) is 30.1. The summed E-state index contributed by atoms with van der Waals surface area (Å²) in [7, 11) is 0. The fraction of sp³-hybridized carbons (Fsp3) is 0.471. The smallest absolute Gasteiger partial charge is 0.319 e. The van der Waals surface area contributed by atoms with Crippen LogP contribution in [-0.2, 0) is 20.9 Å². The van der Waals surface area contributed by atoms with Crippen molar-refractivity contribution in [3.8, 4) is 5.82 Å². The maximum atomic E-state index is 12.0. The van der Waals surface area contributed by atoms with Gasteiger partial charge in [0.05, 0.1) is 13.2 Å². The Morgan fingerprint density at radius 3 is 2.88 bits per heavy atom. The first-order valence-corrected chi connectivity index (χ1v) is 9.45. The van der Waals surface area contributed by atoms with E-state index in [4.69, 9.17) is 4.74 Å². The van der Waals surface area contributed by atoms with Crippen molar-refractivity contribution >= 4 is 23.6 Å². The van der Waals surface area contributed by atoms with Gasteiger partial charge in [0.15, 0.2) is 11.0 Å². The number of likely N-dealkylation sites (tertiary alicyclic amines) is 1. The molecule has 0 unspecified atom stereocenters. The van der Waals surface area contributed by atoms with Crippen molar-refractivity contribution in [2.75, 3.05) is 13.2 Å². The molecule has 26 heavy (non-hydrogen) atoms. The Hall–Kier alpha value is -2.42. The molecule has 8 nitrogen and oxygen atoms in total. The summed E-state index contributed by atoms with van der Waals surface area (Å²) < 4.78 is 6.86. The number of carbonyl (C=O) groups is 2. The fourth-order valence-electron chi connectivity index (χ4n) is 2.70. The summed E-state index contributed by atoms with van der Waals surface area (Å²) in [5.41, 5.74) is 0. The van der Waals surface area contributed by atoms with Crippen LogP contribution in [0.15, 0.2) is 29.6 Å². The number of carbonyl (C=O) groups excluding carboxylic acids is 2. The highest BCUT2D eigenvalue weighted by atomic mass is 32.2. The highest BCUT2D eigenvalue weighted by Crippen LogP contribution is 2.26. The molecule has 138 valence electrons. The number of nitrogens with zero attached hydrogens (tertiary/aromatic N) is 5. The summed E-state index contributed by atoms with van der Waals surface area (Å²) >= 11 is 1.26. The number of pyridine rings is 1. The Morgan fingerprint density at radius 1 is 1.38 bits per heavy atom. The second-order valence-corrected chi connectivity index (χ2v) is 7.16. The quantitative estimate of drug-likeness (QED) is 0.539. The molecule has 0 aromatic carbocycles. The normalized spacial score (nSPS) is 15.3. The summed E-state index contributed by atoms with van der Waals surface area (Å²) in [6.45, 7) is 4.96. The Labute approximate surface area is 155 Å². The SMILES string of the molecule is CCOC(=O)[C@@H](C)Sc1nnc(CN2CCCC2=O)n1-c1ccccn1. The van der Waals surface area contributed by atoms with Crippen LogP contribution < -0.4 is 0 Å². The summed E-state index contributed by atoms with van der Waals surface area (Å²) in [6.07, 6.45) is 3.11. The molecule has 1 saturated heterocycles. The Balaban J connectivity index is 1.89. The first-order chi connectivity index (χ1) is 12.6. The predicted molar refractivity (Wildman–Crippen MR) is 95.8 cm³/mol. The van der Waals surface area contributed by atoms with E-state index in [1.165, 1.54) is 11.8 Å². The van der Waals surface area contributed by atoms with Crippen LogP contribution in [0.4, 0.5) is 0 Å². The van der Waals surface area contributed by atoms with Crippen LogP contribution >= 0.6 is 11.8 Å². The van der Waals surface area contributed by atoms with Gasteiger partial charge in [0.1, 0.15) is 11.1 Å². The number of hydrogen-bond acceptors (Lipinski definition) is 7. The molecule has 0 spiro atoms. The van der Waals surface area contributed by atoms with Gasteiger partial charge in [-0.25, -0.2) is 4.98 Å². The molecule has 3 heterocycles. The number of esters is 1. The lowest BCUT2D eigenvalue weighted by Gasteiger charge is -2.16. The van der Waals surface area contributed by atoms with Crippen LogP contribution in [0.25, 0.3) is 5.82 Å². The Bertz CT molecular complexity index is 780. The zero-order valence-electron chi connectivity index (χ0n) is 14.8. The molecule has 0 N–H and O–H groups in total. The zero-order chi connectivity index (χ0) is 18.5. The van der Waals surface area contributed by atoms with Crippen LogP contribution in [0.1, 0.15) is 32.5 Å². The molecular weight excluding hydrogens is 354 g/mol. The van der Waals surface area contributed by atoms with Gasteiger partial charge >= 0.3 is 5.97 Å². The molecule has 1 aliphatic heterocycles. The first-order valence-electron chi connectivity index (χ1n) is 8.57.